The highest BCUT2D eigenvalue weighted by atomic mass is 14.9. The van der Waals surface area contributed by atoms with Crippen molar-refractivity contribution in [1.29, 1.82) is 0 Å². The SMILES string of the molecule is NC1CCC2CCNCC12. The van der Waals surface area contributed by atoms with Crippen molar-refractivity contribution in [2.75, 3.05) is 13.1 Å². The Balaban J connectivity index is 2.01. The Morgan fingerprint density at radius 1 is 1.20 bits per heavy atom. The van der Waals surface area contributed by atoms with Crippen LogP contribution >= 0.6 is 0 Å². The Morgan fingerprint density at radius 3 is 2.90 bits per heavy atom. The van der Waals surface area contributed by atoms with Gasteiger partial charge in [0.25, 0.3) is 0 Å². The molecule has 0 spiro atoms. The monoisotopic (exact) mass is 140 g/mol. The number of fused-ring (bicyclic) bond motifs is 1. The van der Waals surface area contributed by atoms with Crippen molar-refractivity contribution >= 4 is 0 Å². The van der Waals surface area contributed by atoms with E-state index in [-0.39, 0.29) is 0 Å². The van der Waals surface area contributed by atoms with E-state index in [9.17, 15) is 0 Å². The quantitative estimate of drug-likeness (QED) is 0.509. The summed E-state index contributed by atoms with van der Waals surface area (Å²) in [6.07, 6.45) is 4.00. The summed E-state index contributed by atoms with van der Waals surface area (Å²) in [7, 11) is 0. The van der Waals surface area contributed by atoms with E-state index < -0.39 is 0 Å². The molecule has 1 aliphatic carbocycles. The third kappa shape index (κ3) is 0.956. The summed E-state index contributed by atoms with van der Waals surface area (Å²) in [6, 6.07) is 0.498. The van der Waals surface area contributed by atoms with Gasteiger partial charge in [-0.05, 0) is 44.2 Å². The van der Waals surface area contributed by atoms with E-state index in [1.165, 1.54) is 32.4 Å². The molecule has 0 aromatic carbocycles. The first-order valence-electron chi connectivity index (χ1n) is 4.34. The molecule has 1 aliphatic heterocycles. The van der Waals surface area contributed by atoms with Crippen molar-refractivity contribution in [2.45, 2.75) is 25.3 Å². The van der Waals surface area contributed by atoms with Gasteiger partial charge in [-0.3, -0.25) is 0 Å². The molecule has 0 radical (unpaired) electrons. The molecule has 0 bridgehead atoms. The smallest absolute Gasteiger partial charge is 0.00820 e. The maximum atomic E-state index is 5.95. The van der Waals surface area contributed by atoms with Gasteiger partial charge in [0.05, 0.1) is 0 Å². The van der Waals surface area contributed by atoms with E-state index in [1.807, 2.05) is 0 Å². The highest BCUT2D eigenvalue weighted by Gasteiger charge is 2.34. The molecule has 1 saturated heterocycles. The lowest BCUT2D eigenvalue weighted by atomic mass is 9.88. The molecule has 1 heterocycles. The number of nitrogens with one attached hydrogen (secondary N) is 1. The first-order valence-corrected chi connectivity index (χ1v) is 4.34. The van der Waals surface area contributed by atoms with Gasteiger partial charge in [0.15, 0.2) is 0 Å². The second-order valence-corrected chi connectivity index (χ2v) is 3.66. The molecule has 3 unspecified atom stereocenters. The van der Waals surface area contributed by atoms with Gasteiger partial charge < -0.3 is 11.1 Å². The summed E-state index contributed by atoms with van der Waals surface area (Å²) in [5.74, 6) is 1.75. The molecule has 0 amide bonds. The number of hydrogen-bond acceptors (Lipinski definition) is 2. The van der Waals surface area contributed by atoms with E-state index >= 15 is 0 Å². The van der Waals surface area contributed by atoms with Crippen LogP contribution in [0.3, 0.4) is 0 Å². The molecule has 0 aromatic rings. The molecule has 2 fully saturated rings. The van der Waals surface area contributed by atoms with Gasteiger partial charge in [-0.1, -0.05) is 0 Å². The van der Waals surface area contributed by atoms with E-state index in [0.29, 0.717) is 6.04 Å². The summed E-state index contributed by atoms with van der Waals surface area (Å²) >= 11 is 0. The predicted octanol–water partition coefficient (Wildman–Crippen LogP) is 0.333. The average molecular weight is 140 g/mol. The van der Waals surface area contributed by atoms with Crippen LogP contribution in [-0.2, 0) is 0 Å². The second-order valence-electron chi connectivity index (χ2n) is 3.66. The molecule has 3 N–H and O–H groups in total. The Morgan fingerprint density at radius 2 is 2.10 bits per heavy atom. The fraction of sp³-hybridized carbons (Fsp3) is 1.00. The van der Waals surface area contributed by atoms with Crippen LogP contribution in [0.1, 0.15) is 19.3 Å². The van der Waals surface area contributed by atoms with E-state index in [4.69, 9.17) is 5.73 Å². The Bertz CT molecular complexity index is 122. The molecule has 2 nitrogen and oxygen atoms in total. The third-order valence-electron chi connectivity index (χ3n) is 3.10. The molecule has 3 atom stereocenters. The molecule has 58 valence electrons. The summed E-state index contributed by atoms with van der Waals surface area (Å²) in [6.45, 7) is 2.39. The van der Waals surface area contributed by atoms with Crippen LogP contribution in [0.15, 0.2) is 0 Å². The highest BCUT2D eigenvalue weighted by Crippen LogP contribution is 2.34. The Hall–Kier alpha value is -0.0800. The zero-order valence-corrected chi connectivity index (χ0v) is 6.34. The van der Waals surface area contributed by atoms with Gasteiger partial charge in [-0.2, -0.15) is 0 Å². The van der Waals surface area contributed by atoms with Crippen molar-refractivity contribution in [3.63, 3.8) is 0 Å². The lowest BCUT2D eigenvalue weighted by Gasteiger charge is -2.28. The van der Waals surface area contributed by atoms with Crippen LogP contribution in [0.4, 0.5) is 0 Å². The average Bonchev–Trinajstić information content (AvgIpc) is 2.34. The van der Waals surface area contributed by atoms with Crippen LogP contribution in [0, 0.1) is 11.8 Å². The Kier molecular flexibility index (Phi) is 1.66. The van der Waals surface area contributed by atoms with Gasteiger partial charge in [-0.25, -0.2) is 0 Å². The molecule has 2 rings (SSSR count). The van der Waals surface area contributed by atoms with Crippen molar-refractivity contribution in [3.8, 4) is 0 Å². The number of nitrogens with two attached hydrogens (primary N) is 1. The number of piperidine rings is 1. The molecule has 2 aliphatic rings. The summed E-state index contributed by atoms with van der Waals surface area (Å²) in [5, 5.41) is 3.41. The van der Waals surface area contributed by atoms with Gasteiger partial charge in [0, 0.05) is 6.04 Å². The summed E-state index contributed by atoms with van der Waals surface area (Å²) in [5.41, 5.74) is 5.95. The Labute approximate surface area is 62.2 Å². The number of hydrogen-bond donors (Lipinski definition) is 2. The fourth-order valence-electron chi connectivity index (χ4n) is 2.42. The van der Waals surface area contributed by atoms with Crippen LogP contribution in [0.2, 0.25) is 0 Å². The molecule has 0 aromatic heterocycles. The molecule has 10 heavy (non-hydrogen) atoms. The van der Waals surface area contributed by atoms with Crippen LogP contribution < -0.4 is 11.1 Å². The zero-order valence-electron chi connectivity index (χ0n) is 6.34. The lowest BCUT2D eigenvalue weighted by Crippen LogP contribution is -2.41. The van der Waals surface area contributed by atoms with Crippen molar-refractivity contribution in [1.82, 2.24) is 5.32 Å². The molecule has 2 heteroatoms. The van der Waals surface area contributed by atoms with E-state index in [2.05, 4.69) is 5.32 Å². The van der Waals surface area contributed by atoms with Gasteiger partial charge in [-0.15, -0.1) is 0 Å². The lowest BCUT2D eigenvalue weighted by molar-refractivity contribution is 0.278. The van der Waals surface area contributed by atoms with E-state index in [0.717, 1.165) is 11.8 Å². The van der Waals surface area contributed by atoms with Crippen LogP contribution in [0.5, 0.6) is 0 Å². The fourth-order valence-corrected chi connectivity index (χ4v) is 2.42. The van der Waals surface area contributed by atoms with Crippen LogP contribution in [-0.4, -0.2) is 19.1 Å². The maximum absolute atomic E-state index is 5.95. The van der Waals surface area contributed by atoms with Gasteiger partial charge in [0.2, 0.25) is 0 Å². The molecule has 1 saturated carbocycles. The largest absolute Gasteiger partial charge is 0.327 e. The number of rotatable bonds is 0. The predicted molar refractivity (Wildman–Crippen MR) is 41.7 cm³/mol. The van der Waals surface area contributed by atoms with Crippen molar-refractivity contribution in [3.05, 3.63) is 0 Å². The maximum Gasteiger partial charge on any atom is 0.00820 e. The highest BCUT2D eigenvalue weighted by molar-refractivity contribution is 4.91. The van der Waals surface area contributed by atoms with Gasteiger partial charge in [0.1, 0.15) is 0 Å². The van der Waals surface area contributed by atoms with Crippen molar-refractivity contribution < 1.29 is 0 Å². The second kappa shape index (κ2) is 2.51. The minimum Gasteiger partial charge on any atom is -0.327 e. The molecular weight excluding hydrogens is 124 g/mol. The first-order chi connectivity index (χ1) is 4.88. The van der Waals surface area contributed by atoms with E-state index in [1.54, 1.807) is 0 Å². The summed E-state index contributed by atoms with van der Waals surface area (Å²) in [4.78, 5) is 0. The first kappa shape index (κ1) is 6.62. The van der Waals surface area contributed by atoms with Crippen LogP contribution in [0.25, 0.3) is 0 Å². The zero-order chi connectivity index (χ0) is 6.97. The topological polar surface area (TPSA) is 38.0 Å². The minimum absolute atomic E-state index is 0.498. The van der Waals surface area contributed by atoms with Gasteiger partial charge >= 0.3 is 0 Å². The normalized spacial score (nSPS) is 47.1. The standard InChI is InChI=1S/C8H16N2/c9-8-2-1-6-3-4-10-5-7(6)8/h6-8,10H,1-5,9H2. The minimum atomic E-state index is 0.498. The van der Waals surface area contributed by atoms with Crippen molar-refractivity contribution in [2.24, 2.45) is 17.6 Å². The molecular formula is C8H16N2. The summed E-state index contributed by atoms with van der Waals surface area (Å²) < 4.78 is 0. The third-order valence-corrected chi connectivity index (χ3v) is 3.10.